The molecule has 1 heterocycles. The highest BCUT2D eigenvalue weighted by molar-refractivity contribution is 5.95. The highest BCUT2D eigenvalue weighted by atomic mass is 19.1. The van der Waals surface area contributed by atoms with Crippen LogP contribution in [0.4, 0.5) is 4.39 Å². The number of carboxylic acids is 1. The van der Waals surface area contributed by atoms with E-state index in [0.29, 0.717) is 24.1 Å². The van der Waals surface area contributed by atoms with Crippen LogP contribution in [0.5, 0.6) is 0 Å². The summed E-state index contributed by atoms with van der Waals surface area (Å²) < 4.78 is 15.3. The molecule has 0 bridgehead atoms. The largest absolute Gasteiger partial charge is 0.481 e. The van der Waals surface area contributed by atoms with Gasteiger partial charge in [-0.1, -0.05) is 31.4 Å². The van der Waals surface area contributed by atoms with Gasteiger partial charge >= 0.3 is 5.97 Å². The molecule has 138 valence electrons. The molecule has 0 unspecified atom stereocenters. The van der Waals surface area contributed by atoms with E-state index in [4.69, 9.17) is 0 Å². The van der Waals surface area contributed by atoms with Gasteiger partial charge in [0, 0.05) is 6.54 Å². The molecule has 26 heavy (non-hydrogen) atoms. The van der Waals surface area contributed by atoms with Gasteiger partial charge < -0.3 is 10.4 Å². The first-order valence-electron chi connectivity index (χ1n) is 8.76. The SMILES string of the molecule is Cc1c(C(=O)NCC2(C(=O)O)CCCCC2)cnn1-c1ccccc1F. The Bertz CT molecular complexity index is 825. The summed E-state index contributed by atoms with van der Waals surface area (Å²) in [7, 11) is 0. The first-order chi connectivity index (χ1) is 12.4. The van der Waals surface area contributed by atoms with Crippen molar-refractivity contribution in [3.8, 4) is 5.69 Å². The van der Waals surface area contributed by atoms with Crippen molar-refractivity contribution in [1.82, 2.24) is 15.1 Å². The van der Waals surface area contributed by atoms with Crippen LogP contribution < -0.4 is 5.32 Å². The molecule has 0 radical (unpaired) electrons. The van der Waals surface area contributed by atoms with Crippen LogP contribution in [0, 0.1) is 18.2 Å². The van der Waals surface area contributed by atoms with Gasteiger partial charge in [-0.25, -0.2) is 9.07 Å². The summed E-state index contributed by atoms with van der Waals surface area (Å²) in [6.45, 7) is 1.77. The number of aliphatic carboxylic acids is 1. The number of rotatable bonds is 5. The number of hydrogen-bond donors (Lipinski definition) is 2. The molecule has 1 amide bonds. The molecular formula is C19H22FN3O3. The zero-order valence-electron chi connectivity index (χ0n) is 14.7. The number of hydrogen-bond acceptors (Lipinski definition) is 3. The van der Waals surface area contributed by atoms with E-state index in [1.807, 2.05) is 0 Å². The second kappa shape index (κ2) is 7.27. The standard InChI is InChI=1S/C19H22FN3O3/c1-13-14(11-22-23(13)16-8-4-3-7-15(16)20)17(24)21-12-19(18(25)26)9-5-2-6-10-19/h3-4,7-8,11H,2,5-6,9-10,12H2,1H3,(H,21,24)(H,25,26). The minimum Gasteiger partial charge on any atom is -0.481 e. The van der Waals surface area contributed by atoms with Gasteiger partial charge in [0.2, 0.25) is 0 Å². The van der Waals surface area contributed by atoms with E-state index >= 15 is 0 Å². The molecule has 0 saturated heterocycles. The molecule has 6 nitrogen and oxygen atoms in total. The second-order valence-corrected chi connectivity index (χ2v) is 6.84. The van der Waals surface area contributed by atoms with Crippen LogP contribution in [0.1, 0.15) is 48.2 Å². The molecule has 1 fully saturated rings. The summed E-state index contributed by atoms with van der Waals surface area (Å²) in [5, 5.41) is 16.5. The molecule has 1 saturated carbocycles. The van der Waals surface area contributed by atoms with Crippen LogP contribution in [0.3, 0.4) is 0 Å². The number of carboxylic acid groups (broad SMARTS) is 1. The van der Waals surface area contributed by atoms with Crippen molar-refractivity contribution < 1.29 is 19.1 Å². The predicted octanol–water partition coefficient (Wildman–Crippen LogP) is 3.08. The lowest BCUT2D eigenvalue weighted by atomic mass is 9.74. The lowest BCUT2D eigenvalue weighted by molar-refractivity contribution is -0.150. The van der Waals surface area contributed by atoms with Gasteiger partial charge in [0.25, 0.3) is 5.91 Å². The van der Waals surface area contributed by atoms with Crippen molar-refractivity contribution in [3.05, 3.63) is 47.5 Å². The monoisotopic (exact) mass is 359 g/mol. The average Bonchev–Trinajstić information content (AvgIpc) is 3.02. The van der Waals surface area contributed by atoms with Crippen LogP contribution in [-0.4, -0.2) is 33.3 Å². The summed E-state index contributed by atoms with van der Waals surface area (Å²) in [5.74, 6) is -1.69. The lowest BCUT2D eigenvalue weighted by Gasteiger charge is -2.33. The van der Waals surface area contributed by atoms with Crippen LogP contribution in [0.25, 0.3) is 5.69 Å². The highest BCUT2D eigenvalue weighted by Crippen LogP contribution is 2.36. The number of carbonyl (C=O) groups excluding carboxylic acids is 1. The zero-order chi connectivity index (χ0) is 18.7. The predicted molar refractivity (Wildman–Crippen MR) is 93.7 cm³/mol. The van der Waals surface area contributed by atoms with E-state index in [2.05, 4.69) is 10.4 Å². The maximum absolute atomic E-state index is 14.0. The molecule has 1 aliphatic rings. The van der Waals surface area contributed by atoms with E-state index in [1.165, 1.54) is 16.9 Å². The normalized spacial score (nSPS) is 16.2. The first kappa shape index (κ1) is 18.1. The Kier molecular flexibility index (Phi) is 5.06. The third kappa shape index (κ3) is 3.34. The molecule has 0 atom stereocenters. The van der Waals surface area contributed by atoms with Crippen LogP contribution in [0.15, 0.2) is 30.5 Å². The van der Waals surface area contributed by atoms with Gasteiger partial charge in [-0.15, -0.1) is 0 Å². The maximum Gasteiger partial charge on any atom is 0.311 e. The molecule has 2 N–H and O–H groups in total. The van der Waals surface area contributed by atoms with E-state index in [0.717, 1.165) is 19.3 Å². The van der Waals surface area contributed by atoms with Gasteiger partial charge in [-0.3, -0.25) is 9.59 Å². The van der Waals surface area contributed by atoms with Crippen molar-refractivity contribution in [2.75, 3.05) is 6.54 Å². The van der Waals surface area contributed by atoms with Crippen LogP contribution in [0.2, 0.25) is 0 Å². The fourth-order valence-electron chi connectivity index (χ4n) is 3.54. The molecular weight excluding hydrogens is 337 g/mol. The lowest BCUT2D eigenvalue weighted by Crippen LogP contribution is -2.44. The highest BCUT2D eigenvalue weighted by Gasteiger charge is 2.40. The number of carbonyl (C=O) groups is 2. The van der Waals surface area contributed by atoms with E-state index < -0.39 is 23.1 Å². The Morgan fingerprint density at radius 1 is 1.27 bits per heavy atom. The fourth-order valence-corrected chi connectivity index (χ4v) is 3.54. The van der Waals surface area contributed by atoms with Crippen molar-refractivity contribution in [2.24, 2.45) is 5.41 Å². The summed E-state index contributed by atoms with van der Waals surface area (Å²) >= 11 is 0. The van der Waals surface area contributed by atoms with E-state index in [-0.39, 0.29) is 12.2 Å². The quantitative estimate of drug-likeness (QED) is 0.859. The Labute approximate surface area is 151 Å². The average molecular weight is 359 g/mol. The van der Waals surface area contributed by atoms with Crippen molar-refractivity contribution >= 4 is 11.9 Å². The van der Waals surface area contributed by atoms with Gasteiger partial charge in [0.15, 0.2) is 0 Å². The minimum atomic E-state index is -0.899. The van der Waals surface area contributed by atoms with Crippen molar-refractivity contribution in [3.63, 3.8) is 0 Å². The maximum atomic E-state index is 14.0. The van der Waals surface area contributed by atoms with Crippen molar-refractivity contribution in [1.29, 1.82) is 0 Å². The zero-order valence-corrected chi connectivity index (χ0v) is 14.7. The second-order valence-electron chi connectivity index (χ2n) is 6.84. The van der Waals surface area contributed by atoms with E-state index in [9.17, 15) is 19.1 Å². The molecule has 1 aromatic carbocycles. The number of para-hydroxylation sites is 1. The molecule has 7 heteroatoms. The molecule has 0 spiro atoms. The molecule has 1 aromatic heterocycles. The van der Waals surface area contributed by atoms with Crippen LogP contribution >= 0.6 is 0 Å². The number of nitrogens with zero attached hydrogens (tertiary/aromatic N) is 2. The molecule has 3 rings (SSSR count). The van der Waals surface area contributed by atoms with Gasteiger partial charge in [0.05, 0.1) is 22.9 Å². The Morgan fingerprint density at radius 3 is 2.62 bits per heavy atom. The van der Waals surface area contributed by atoms with Gasteiger partial charge in [-0.2, -0.15) is 5.10 Å². The Morgan fingerprint density at radius 2 is 1.96 bits per heavy atom. The molecule has 2 aromatic rings. The number of halogens is 1. The number of benzene rings is 1. The Hall–Kier alpha value is -2.70. The number of amides is 1. The topological polar surface area (TPSA) is 84.2 Å². The third-order valence-corrected chi connectivity index (χ3v) is 5.19. The van der Waals surface area contributed by atoms with E-state index in [1.54, 1.807) is 25.1 Å². The van der Waals surface area contributed by atoms with Crippen LogP contribution in [-0.2, 0) is 4.79 Å². The molecule has 0 aliphatic heterocycles. The summed E-state index contributed by atoms with van der Waals surface area (Å²) in [6, 6.07) is 6.19. The summed E-state index contributed by atoms with van der Waals surface area (Å²) in [6.07, 6.45) is 5.24. The number of nitrogens with one attached hydrogen (secondary N) is 1. The fraction of sp³-hybridized carbons (Fsp3) is 0.421. The molecule has 1 aliphatic carbocycles. The number of aromatic nitrogens is 2. The smallest absolute Gasteiger partial charge is 0.311 e. The first-order valence-corrected chi connectivity index (χ1v) is 8.76. The Balaban J connectivity index is 1.77. The summed E-state index contributed by atoms with van der Waals surface area (Å²) in [5.41, 5.74) is 0.173. The summed E-state index contributed by atoms with van der Waals surface area (Å²) in [4.78, 5) is 24.3. The third-order valence-electron chi connectivity index (χ3n) is 5.19. The van der Waals surface area contributed by atoms with Gasteiger partial charge in [0.1, 0.15) is 11.5 Å². The van der Waals surface area contributed by atoms with Gasteiger partial charge in [-0.05, 0) is 31.9 Å². The minimum absolute atomic E-state index is 0.0888. The van der Waals surface area contributed by atoms with Crippen molar-refractivity contribution in [2.45, 2.75) is 39.0 Å².